The Kier molecular flexibility index (Phi) is 5.04. The van der Waals surface area contributed by atoms with Gasteiger partial charge in [0, 0.05) is 20.2 Å². The molecule has 90 valence electrons. The van der Waals surface area contributed by atoms with Gasteiger partial charge < -0.3 is 9.64 Å². The maximum atomic E-state index is 11.6. The number of carbonyl (C=O) groups excluding carboxylic acids is 2. The fourth-order valence-corrected chi connectivity index (χ4v) is 1.71. The van der Waals surface area contributed by atoms with Crippen molar-refractivity contribution in [3.8, 4) is 0 Å². The van der Waals surface area contributed by atoms with Crippen LogP contribution < -0.4 is 0 Å². The lowest BCUT2D eigenvalue weighted by atomic mass is 10.1. The molecule has 0 aromatic heterocycles. The first-order chi connectivity index (χ1) is 7.67. The zero-order chi connectivity index (χ0) is 12.0. The first-order valence-corrected chi connectivity index (χ1v) is 5.28. The zero-order valence-electron chi connectivity index (χ0n) is 9.35. The van der Waals surface area contributed by atoms with Crippen molar-refractivity contribution in [2.45, 2.75) is 25.3 Å². The average Bonchev–Trinajstić information content (AvgIpc) is 2.29. The predicted molar refractivity (Wildman–Crippen MR) is 56.9 cm³/mol. The third-order valence-electron chi connectivity index (χ3n) is 2.62. The minimum absolute atomic E-state index is 0.0297. The number of Topliss-reactive ketones (excluding diaryl/α,β-unsaturated/α-hetero) is 1. The quantitative estimate of drug-likeness (QED) is 0.502. The Balaban J connectivity index is 2.33. The van der Waals surface area contributed by atoms with Gasteiger partial charge in [0.15, 0.2) is 5.78 Å². The van der Waals surface area contributed by atoms with Crippen LogP contribution in [0.4, 0.5) is 0 Å². The number of likely N-dealkylation sites (tertiary alicyclic amines) is 1. The molecular weight excluding hydrogens is 212 g/mol. The topological polar surface area (TPSA) is 76.0 Å². The first kappa shape index (κ1) is 12.8. The molecule has 1 aliphatic heterocycles. The van der Waals surface area contributed by atoms with Crippen LogP contribution >= 0.6 is 0 Å². The van der Waals surface area contributed by atoms with E-state index in [1.165, 1.54) is 7.11 Å². The second kappa shape index (κ2) is 6.32. The van der Waals surface area contributed by atoms with E-state index in [2.05, 4.69) is 9.91 Å². The maximum Gasteiger partial charge on any atom is 0.230 e. The molecule has 0 radical (unpaired) electrons. The number of ketones is 1. The van der Waals surface area contributed by atoms with E-state index in [9.17, 15) is 14.5 Å². The number of amides is 1. The smallest absolute Gasteiger partial charge is 0.230 e. The number of nitroso groups, excluding NO2 is 1. The average molecular weight is 228 g/mol. The predicted octanol–water partition coefficient (Wildman–Crippen LogP) is 0.349. The number of rotatable bonds is 5. The van der Waals surface area contributed by atoms with E-state index in [1.807, 2.05) is 0 Å². The molecule has 1 rings (SSSR count). The number of ether oxygens (including phenoxy) is 1. The molecule has 1 heterocycles. The molecule has 0 aromatic carbocycles. The van der Waals surface area contributed by atoms with Crippen molar-refractivity contribution in [1.82, 2.24) is 4.90 Å². The van der Waals surface area contributed by atoms with Crippen LogP contribution in [0, 0.1) is 4.91 Å². The van der Waals surface area contributed by atoms with Gasteiger partial charge in [0.2, 0.25) is 5.91 Å². The van der Waals surface area contributed by atoms with Crippen LogP contribution in [0.1, 0.15) is 19.3 Å². The molecule has 0 saturated carbocycles. The SMILES string of the molecule is COCC(=O)CC(=O)N1CCC(N=O)CC1. The van der Waals surface area contributed by atoms with Gasteiger partial charge in [-0.25, -0.2) is 0 Å². The Bertz CT molecular complexity index is 272. The van der Waals surface area contributed by atoms with E-state index in [-0.39, 0.29) is 30.8 Å². The molecule has 0 bridgehead atoms. The van der Waals surface area contributed by atoms with Gasteiger partial charge in [0.05, 0.1) is 12.5 Å². The summed E-state index contributed by atoms with van der Waals surface area (Å²) in [5, 5.41) is 2.96. The number of hydrogen-bond donors (Lipinski definition) is 0. The highest BCUT2D eigenvalue weighted by Gasteiger charge is 2.24. The molecule has 16 heavy (non-hydrogen) atoms. The minimum Gasteiger partial charge on any atom is -0.377 e. The monoisotopic (exact) mass is 228 g/mol. The summed E-state index contributed by atoms with van der Waals surface area (Å²) >= 11 is 0. The molecule has 0 spiro atoms. The summed E-state index contributed by atoms with van der Waals surface area (Å²) in [6.07, 6.45) is 1.06. The number of carbonyl (C=O) groups is 2. The molecule has 6 nitrogen and oxygen atoms in total. The Morgan fingerprint density at radius 1 is 1.38 bits per heavy atom. The van der Waals surface area contributed by atoms with Gasteiger partial charge in [-0.1, -0.05) is 5.18 Å². The van der Waals surface area contributed by atoms with Gasteiger partial charge in [-0.15, -0.1) is 0 Å². The third kappa shape index (κ3) is 3.69. The molecule has 0 unspecified atom stereocenters. The Morgan fingerprint density at radius 3 is 2.50 bits per heavy atom. The van der Waals surface area contributed by atoms with Gasteiger partial charge in [-0.2, -0.15) is 4.91 Å². The van der Waals surface area contributed by atoms with Crippen molar-refractivity contribution < 1.29 is 14.3 Å². The molecule has 1 saturated heterocycles. The molecule has 0 aromatic rings. The molecule has 0 N–H and O–H groups in total. The molecule has 0 aliphatic carbocycles. The molecule has 1 aliphatic rings. The summed E-state index contributed by atoms with van der Waals surface area (Å²) in [5.41, 5.74) is 0. The fraction of sp³-hybridized carbons (Fsp3) is 0.800. The number of nitrogens with zero attached hydrogens (tertiary/aromatic N) is 2. The minimum atomic E-state index is -0.219. The second-order valence-electron chi connectivity index (χ2n) is 3.87. The Morgan fingerprint density at radius 2 is 2.00 bits per heavy atom. The fourth-order valence-electron chi connectivity index (χ4n) is 1.71. The highest BCUT2D eigenvalue weighted by molar-refractivity contribution is 5.98. The highest BCUT2D eigenvalue weighted by atomic mass is 16.5. The number of methoxy groups -OCH3 is 1. The van der Waals surface area contributed by atoms with E-state index < -0.39 is 0 Å². The van der Waals surface area contributed by atoms with Crippen LogP contribution in [0.15, 0.2) is 5.18 Å². The molecule has 0 atom stereocenters. The zero-order valence-corrected chi connectivity index (χ0v) is 9.35. The summed E-state index contributed by atoms with van der Waals surface area (Å²) < 4.78 is 4.65. The third-order valence-corrected chi connectivity index (χ3v) is 2.62. The van der Waals surface area contributed by atoms with Crippen LogP contribution in [-0.4, -0.2) is 49.4 Å². The molecule has 6 heteroatoms. The second-order valence-corrected chi connectivity index (χ2v) is 3.87. The van der Waals surface area contributed by atoms with E-state index in [1.54, 1.807) is 4.90 Å². The van der Waals surface area contributed by atoms with Gasteiger partial charge in [0.1, 0.15) is 6.61 Å². The van der Waals surface area contributed by atoms with Gasteiger partial charge >= 0.3 is 0 Å². The summed E-state index contributed by atoms with van der Waals surface area (Å²) in [6.45, 7) is 0.989. The summed E-state index contributed by atoms with van der Waals surface area (Å²) in [4.78, 5) is 34.7. The van der Waals surface area contributed by atoms with Crippen molar-refractivity contribution in [2.75, 3.05) is 26.8 Å². The van der Waals surface area contributed by atoms with Crippen LogP contribution in [0.2, 0.25) is 0 Å². The lowest BCUT2D eigenvalue weighted by Crippen LogP contribution is -2.40. The Labute approximate surface area is 93.9 Å². The summed E-state index contributed by atoms with van der Waals surface area (Å²) in [6, 6.07) is -0.182. The van der Waals surface area contributed by atoms with Crippen LogP contribution in [0.3, 0.4) is 0 Å². The van der Waals surface area contributed by atoms with Crippen LogP contribution in [0.25, 0.3) is 0 Å². The van der Waals surface area contributed by atoms with Gasteiger partial charge in [-0.05, 0) is 12.8 Å². The lowest BCUT2D eigenvalue weighted by Gasteiger charge is -2.28. The lowest BCUT2D eigenvalue weighted by molar-refractivity contribution is -0.137. The standard InChI is InChI=1S/C10H16N2O4/c1-16-7-9(13)6-10(14)12-4-2-8(11-15)3-5-12/h8H,2-7H2,1H3. The van der Waals surface area contributed by atoms with Gasteiger partial charge in [0.25, 0.3) is 0 Å². The van der Waals surface area contributed by atoms with E-state index in [0.29, 0.717) is 25.9 Å². The molecule has 1 amide bonds. The van der Waals surface area contributed by atoms with Crippen molar-refractivity contribution in [1.29, 1.82) is 0 Å². The van der Waals surface area contributed by atoms with Crippen LogP contribution in [-0.2, 0) is 14.3 Å². The Hall–Kier alpha value is -1.30. The van der Waals surface area contributed by atoms with Crippen molar-refractivity contribution in [3.05, 3.63) is 4.91 Å². The van der Waals surface area contributed by atoms with E-state index in [0.717, 1.165) is 0 Å². The van der Waals surface area contributed by atoms with Gasteiger partial charge in [-0.3, -0.25) is 9.59 Å². The van der Waals surface area contributed by atoms with Crippen molar-refractivity contribution in [3.63, 3.8) is 0 Å². The normalized spacial score (nSPS) is 17.2. The largest absolute Gasteiger partial charge is 0.377 e. The van der Waals surface area contributed by atoms with Crippen molar-refractivity contribution in [2.24, 2.45) is 5.18 Å². The molecular formula is C10H16N2O4. The highest BCUT2D eigenvalue weighted by Crippen LogP contribution is 2.14. The van der Waals surface area contributed by atoms with Crippen molar-refractivity contribution >= 4 is 11.7 Å². The summed E-state index contributed by atoms with van der Waals surface area (Å²) in [7, 11) is 1.42. The number of piperidine rings is 1. The van der Waals surface area contributed by atoms with E-state index in [4.69, 9.17) is 0 Å². The van der Waals surface area contributed by atoms with E-state index >= 15 is 0 Å². The maximum absolute atomic E-state index is 11.6. The molecule has 1 fully saturated rings. The van der Waals surface area contributed by atoms with Crippen LogP contribution in [0.5, 0.6) is 0 Å². The first-order valence-electron chi connectivity index (χ1n) is 5.28. The summed E-state index contributed by atoms with van der Waals surface area (Å²) in [5.74, 6) is -0.408. The number of hydrogen-bond acceptors (Lipinski definition) is 5.